The Labute approximate surface area is 99.0 Å². The van der Waals surface area contributed by atoms with Crippen LogP contribution in [0.3, 0.4) is 0 Å². The van der Waals surface area contributed by atoms with Gasteiger partial charge in [-0.1, -0.05) is 0 Å². The molecule has 16 heavy (non-hydrogen) atoms. The lowest BCUT2D eigenvalue weighted by Gasteiger charge is -2.07. The van der Waals surface area contributed by atoms with Gasteiger partial charge < -0.3 is 5.73 Å². The van der Waals surface area contributed by atoms with Crippen molar-refractivity contribution in [2.75, 3.05) is 0 Å². The van der Waals surface area contributed by atoms with E-state index in [9.17, 15) is 8.42 Å². The highest BCUT2D eigenvalue weighted by Gasteiger charge is 2.23. The third-order valence-corrected chi connectivity index (χ3v) is 3.62. The Morgan fingerprint density at radius 2 is 2.06 bits per heavy atom. The van der Waals surface area contributed by atoms with Crippen LogP contribution in [-0.4, -0.2) is 23.3 Å². The highest BCUT2D eigenvalue weighted by atomic mass is 32.2. The Kier molecular flexibility index (Phi) is 3.51. The van der Waals surface area contributed by atoms with Gasteiger partial charge in [-0.15, -0.1) is 4.83 Å². The highest BCUT2D eigenvalue weighted by molar-refractivity contribution is 7.89. The zero-order chi connectivity index (χ0) is 12.5. The first-order valence-corrected chi connectivity index (χ1v) is 6.22. The minimum absolute atomic E-state index is 0.124. The van der Waals surface area contributed by atoms with Gasteiger partial charge >= 0.3 is 0 Å². The van der Waals surface area contributed by atoms with Crippen LogP contribution in [0.1, 0.15) is 11.4 Å². The molecule has 0 bridgehead atoms. The summed E-state index contributed by atoms with van der Waals surface area (Å²) in [6, 6.07) is 0. The van der Waals surface area contributed by atoms with Gasteiger partial charge in [-0.3, -0.25) is 10.1 Å². The molecule has 0 unspecified atom stereocenters. The third kappa shape index (κ3) is 2.49. The monoisotopic (exact) mass is 263 g/mol. The van der Waals surface area contributed by atoms with E-state index in [4.69, 9.17) is 5.73 Å². The number of nitrogens with zero attached hydrogens (tertiary/aromatic N) is 2. The number of sulfonamides is 1. The summed E-state index contributed by atoms with van der Waals surface area (Å²) in [6.45, 7) is 3.28. The molecule has 0 saturated heterocycles. The fourth-order valence-corrected chi connectivity index (χ4v) is 2.72. The van der Waals surface area contributed by atoms with Crippen LogP contribution < -0.4 is 16.0 Å². The summed E-state index contributed by atoms with van der Waals surface area (Å²) in [5, 5.41) is 3.86. The van der Waals surface area contributed by atoms with Crippen LogP contribution in [0.4, 0.5) is 0 Å². The molecule has 9 heteroatoms. The maximum absolute atomic E-state index is 11.8. The van der Waals surface area contributed by atoms with E-state index in [-0.39, 0.29) is 10.0 Å². The van der Waals surface area contributed by atoms with Crippen molar-refractivity contribution in [3.05, 3.63) is 11.4 Å². The van der Waals surface area contributed by atoms with Gasteiger partial charge in [0, 0.05) is 7.05 Å². The second-order valence-electron chi connectivity index (χ2n) is 3.22. The number of hydrazine groups is 1. The summed E-state index contributed by atoms with van der Waals surface area (Å²) in [6.07, 6.45) is 0. The van der Waals surface area contributed by atoms with Gasteiger partial charge in [0.2, 0.25) is 0 Å². The van der Waals surface area contributed by atoms with Crippen LogP contribution in [0.5, 0.6) is 0 Å². The summed E-state index contributed by atoms with van der Waals surface area (Å²) < 4.78 is 25.2. The van der Waals surface area contributed by atoms with E-state index in [0.29, 0.717) is 11.4 Å². The molecule has 0 radical (unpaired) electrons. The van der Waals surface area contributed by atoms with Crippen molar-refractivity contribution in [1.29, 1.82) is 0 Å². The van der Waals surface area contributed by atoms with Gasteiger partial charge in [-0.05, 0) is 26.1 Å². The number of hydrogen-bond donors (Lipinski definition) is 3. The van der Waals surface area contributed by atoms with Crippen molar-refractivity contribution >= 4 is 27.4 Å². The van der Waals surface area contributed by atoms with Gasteiger partial charge in [0.15, 0.2) is 5.11 Å². The van der Waals surface area contributed by atoms with Crippen molar-refractivity contribution in [2.45, 2.75) is 18.7 Å². The van der Waals surface area contributed by atoms with Gasteiger partial charge in [0.05, 0.1) is 11.4 Å². The SMILES string of the molecule is Cc1nn(C)c(C)c1S(=O)(=O)NNC(N)=S. The first-order valence-electron chi connectivity index (χ1n) is 4.33. The Hall–Kier alpha value is -1.19. The molecule has 90 valence electrons. The minimum atomic E-state index is -3.71. The molecule has 0 aliphatic rings. The van der Waals surface area contributed by atoms with Crippen LogP contribution in [0, 0.1) is 13.8 Å². The van der Waals surface area contributed by atoms with E-state index in [2.05, 4.69) is 27.6 Å². The fraction of sp³-hybridized carbons (Fsp3) is 0.429. The zero-order valence-corrected chi connectivity index (χ0v) is 10.7. The molecule has 0 aliphatic carbocycles. The van der Waals surface area contributed by atoms with Gasteiger partial charge in [-0.2, -0.15) is 5.10 Å². The third-order valence-electron chi connectivity index (χ3n) is 2.02. The Balaban J connectivity index is 3.12. The highest BCUT2D eigenvalue weighted by Crippen LogP contribution is 2.17. The molecule has 1 rings (SSSR count). The van der Waals surface area contributed by atoms with Crippen molar-refractivity contribution in [1.82, 2.24) is 20.0 Å². The van der Waals surface area contributed by atoms with Crippen LogP contribution in [0.2, 0.25) is 0 Å². The largest absolute Gasteiger partial charge is 0.375 e. The predicted molar refractivity (Wildman–Crippen MR) is 62.9 cm³/mol. The maximum atomic E-state index is 11.8. The summed E-state index contributed by atoms with van der Waals surface area (Å²) in [4.78, 5) is 2.20. The zero-order valence-electron chi connectivity index (χ0n) is 9.10. The van der Waals surface area contributed by atoms with Gasteiger partial charge in [0.1, 0.15) is 4.90 Å². The Bertz CT molecular complexity index is 519. The van der Waals surface area contributed by atoms with E-state index < -0.39 is 10.0 Å². The maximum Gasteiger partial charge on any atom is 0.261 e. The summed E-state index contributed by atoms with van der Waals surface area (Å²) in [5.74, 6) is 0. The van der Waals surface area contributed by atoms with E-state index in [0.717, 1.165) is 0 Å². The second kappa shape index (κ2) is 4.36. The molecule has 0 fully saturated rings. The average Bonchev–Trinajstić information content (AvgIpc) is 2.38. The molecular weight excluding hydrogens is 250 g/mol. The molecule has 0 aromatic carbocycles. The number of nitrogens with one attached hydrogen (secondary N) is 2. The molecule has 7 nitrogen and oxygen atoms in total. The lowest BCUT2D eigenvalue weighted by atomic mass is 10.4. The number of aryl methyl sites for hydroxylation is 2. The number of aromatic nitrogens is 2. The predicted octanol–water partition coefficient (Wildman–Crippen LogP) is -0.937. The lowest BCUT2D eigenvalue weighted by molar-refractivity contribution is 0.576. The summed E-state index contributed by atoms with van der Waals surface area (Å²) >= 11 is 4.50. The first-order chi connectivity index (χ1) is 7.25. The van der Waals surface area contributed by atoms with Crippen molar-refractivity contribution in [2.24, 2.45) is 12.8 Å². The standard InChI is InChI=1S/C7H13N5O2S2/c1-4-6(5(2)12(3)10-4)16(13,14)11-9-7(8)15/h11H,1-3H3,(H3,8,9,15). The number of thiocarbonyl (C=S) groups is 1. The normalized spacial score (nSPS) is 11.4. The van der Waals surface area contributed by atoms with E-state index in [1.54, 1.807) is 20.9 Å². The summed E-state index contributed by atoms with van der Waals surface area (Å²) in [7, 11) is -2.04. The van der Waals surface area contributed by atoms with Crippen molar-refractivity contribution < 1.29 is 8.42 Å². The average molecular weight is 263 g/mol. The molecule has 1 aromatic heterocycles. The van der Waals surface area contributed by atoms with E-state index >= 15 is 0 Å². The van der Waals surface area contributed by atoms with Crippen LogP contribution in [-0.2, 0) is 17.1 Å². The van der Waals surface area contributed by atoms with Gasteiger partial charge in [0.25, 0.3) is 10.0 Å². The minimum Gasteiger partial charge on any atom is -0.375 e. The van der Waals surface area contributed by atoms with Gasteiger partial charge in [-0.25, -0.2) is 8.42 Å². The second-order valence-corrected chi connectivity index (χ2v) is 5.28. The quantitative estimate of drug-likeness (QED) is 0.481. The molecule has 1 heterocycles. The smallest absolute Gasteiger partial charge is 0.261 e. The molecule has 0 spiro atoms. The Morgan fingerprint density at radius 1 is 1.50 bits per heavy atom. The molecule has 0 aliphatic heterocycles. The van der Waals surface area contributed by atoms with Crippen LogP contribution in [0.25, 0.3) is 0 Å². The number of hydrogen-bond acceptors (Lipinski definition) is 4. The molecule has 4 N–H and O–H groups in total. The first kappa shape index (κ1) is 12.9. The van der Waals surface area contributed by atoms with Crippen molar-refractivity contribution in [3.8, 4) is 0 Å². The molecule has 0 amide bonds. The Morgan fingerprint density at radius 3 is 2.44 bits per heavy atom. The lowest BCUT2D eigenvalue weighted by Crippen LogP contribution is -2.44. The molecule has 1 aromatic rings. The molecule has 0 atom stereocenters. The fourth-order valence-electron chi connectivity index (χ4n) is 1.31. The van der Waals surface area contributed by atoms with E-state index in [1.165, 1.54) is 4.68 Å². The molecule has 0 saturated carbocycles. The van der Waals surface area contributed by atoms with Crippen LogP contribution >= 0.6 is 12.2 Å². The van der Waals surface area contributed by atoms with Crippen LogP contribution in [0.15, 0.2) is 4.90 Å². The summed E-state index contributed by atoms with van der Waals surface area (Å²) in [5.41, 5.74) is 8.26. The van der Waals surface area contributed by atoms with E-state index in [1.807, 2.05) is 0 Å². The number of nitrogens with two attached hydrogens (primary N) is 1. The van der Waals surface area contributed by atoms with Crippen molar-refractivity contribution in [3.63, 3.8) is 0 Å². The topological polar surface area (TPSA) is 102 Å². The number of rotatable bonds is 3. The molecular formula is C7H13N5O2S2.